The van der Waals surface area contributed by atoms with Crippen LogP contribution in [0, 0.1) is 0 Å². The number of ether oxygens (including phenoxy) is 1. The van der Waals surface area contributed by atoms with E-state index in [9.17, 15) is 0 Å². The van der Waals surface area contributed by atoms with Gasteiger partial charge in [-0.1, -0.05) is 38.3 Å². The zero-order valence-electron chi connectivity index (χ0n) is 14.9. The number of imidazole rings is 1. The minimum atomic E-state index is 0.595. The standard InChI is InChI=1S/C19H23ClN4O/c1-4-6-7-10-24-16(5-2)23-18-17(21-12-22-19(18)24)14-9-8-13(25-3)11-15(14)20/h8-9,11-12H,4-7,10H2,1-3H3. The smallest absolute Gasteiger partial charge is 0.164 e. The SMILES string of the molecule is CCCCCn1c(CC)nc2c(-c3ccc(OC)cc3Cl)ncnc21. The largest absolute Gasteiger partial charge is 0.497 e. The van der Waals surface area contributed by atoms with Crippen LogP contribution < -0.4 is 4.74 Å². The summed E-state index contributed by atoms with van der Waals surface area (Å²) in [5, 5.41) is 0.595. The van der Waals surface area contributed by atoms with Gasteiger partial charge in [0.2, 0.25) is 0 Å². The minimum absolute atomic E-state index is 0.595. The molecule has 0 aliphatic heterocycles. The Kier molecular flexibility index (Phi) is 5.53. The van der Waals surface area contributed by atoms with Gasteiger partial charge in [0.05, 0.1) is 12.1 Å². The zero-order chi connectivity index (χ0) is 17.8. The van der Waals surface area contributed by atoms with Crippen LogP contribution >= 0.6 is 11.6 Å². The second kappa shape index (κ2) is 7.83. The molecule has 0 bridgehead atoms. The lowest BCUT2D eigenvalue weighted by Crippen LogP contribution is -2.04. The monoisotopic (exact) mass is 358 g/mol. The van der Waals surface area contributed by atoms with Crippen LogP contribution in [0.25, 0.3) is 22.4 Å². The minimum Gasteiger partial charge on any atom is -0.497 e. The summed E-state index contributed by atoms with van der Waals surface area (Å²) < 4.78 is 7.45. The van der Waals surface area contributed by atoms with Gasteiger partial charge in [-0.3, -0.25) is 0 Å². The summed E-state index contributed by atoms with van der Waals surface area (Å²) in [4.78, 5) is 13.8. The molecule has 0 aliphatic carbocycles. The molecular weight excluding hydrogens is 336 g/mol. The fourth-order valence-electron chi connectivity index (χ4n) is 3.02. The normalized spacial score (nSPS) is 11.2. The molecule has 0 saturated carbocycles. The summed E-state index contributed by atoms with van der Waals surface area (Å²) in [6.07, 6.45) is 5.96. The number of hydrogen-bond acceptors (Lipinski definition) is 4. The number of methoxy groups -OCH3 is 1. The first-order valence-corrected chi connectivity index (χ1v) is 9.11. The van der Waals surface area contributed by atoms with Crippen molar-refractivity contribution >= 4 is 22.8 Å². The van der Waals surface area contributed by atoms with Gasteiger partial charge in [0.15, 0.2) is 5.65 Å². The van der Waals surface area contributed by atoms with Crippen LogP contribution in [-0.4, -0.2) is 26.6 Å². The molecule has 0 radical (unpaired) electrons. The van der Waals surface area contributed by atoms with E-state index in [2.05, 4.69) is 28.4 Å². The van der Waals surface area contributed by atoms with E-state index < -0.39 is 0 Å². The third kappa shape index (κ3) is 3.47. The zero-order valence-corrected chi connectivity index (χ0v) is 15.7. The highest BCUT2D eigenvalue weighted by molar-refractivity contribution is 6.33. The average molecular weight is 359 g/mol. The van der Waals surface area contributed by atoms with Gasteiger partial charge in [0.1, 0.15) is 29.1 Å². The highest BCUT2D eigenvalue weighted by Crippen LogP contribution is 2.33. The highest BCUT2D eigenvalue weighted by atomic mass is 35.5. The highest BCUT2D eigenvalue weighted by Gasteiger charge is 2.17. The maximum absolute atomic E-state index is 6.45. The van der Waals surface area contributed by atoms with Crippen molar-refractivity contribution in [3.8, 4) is 17.0 Å². The number of fused-ring (bicyclic) bond motifs is 1. The molecule has 0 amide bonds. The lowest BCUT2D eigenvalue weighted by molar-refractivity contribution is 0.415. The molecule has 0 spiro atoms. The molecule has 0 aliphatic rings. The Balaban J connectivity index is 2.11. The van der Waals surface area contributed by atoms with Crippen LogP contribution in [-0.2, 0) is 13.0 Å². The Hall–Kier alpha value is -2.14. The van der Waals surface area contributed by atoms with E-state index >= 15 is 0 Å². The maximum Gasteiger partial charge on any atom is 0.164 e. The van der Waals surface area contributed by atoms with Gasteiger partial charge in [0, 0.05) is 18.5 Å². The van der Waals surface area contributed by atoms with Crippen LogP contribution in [0.1, 0.15) is 38.9 Å². The molecule has 132 valence electrons. The first kappa shape index (κ1) is 17.7. The quantitative estimate of drug-likeness (QED) is 0.563. The average Bonchev–Trinajstić information content (AvgIpc) is 3.00. The lowest BCUT2D eigenvalue weighted by atomic mass is 10.1. The fourth-order valence-corrected chi connectivity index (χ4v) is 3.28. The molecule has 0 N–H and O–H groups in total. The third-order valence-corrected chi connectivity index (χ3v) is 4.66. The molecule has 0 atom stereocenters. The van der Waals surface area contributed by atoms with Crippen molar-refractivity contribution in [3.05, 3.63) is 35.4 Å². The summed E-state index contributed by atoms with van der Waals surface area (Å²) in [5.41, 5.74) is 3.30. The number of nitrogens with zero attached hydrogens (tertiary/aromatic N) is 4. The van der Waals surface area contributed by atoms with E-state index in [1.165, 1.54) is 12.8 Å². The molecule has 6 heteroatoms. The van der Waals surface area contributed by atoms with Crippen LogP contribution in [0.2, 0.25) is 5.02 Å². The van der Waals surface area contributed by atoms with Crippen molar-refractivity contribution in [2.24, 2.45) is 0 Å². The molecule has 3 aromatic rings. The Morgan fingerprint density at radius 2 is 2.00 bits per heavy atom. The molecule has 3 rings (SSSR count). The predicted molar refractivity (Wildman–Crippen MR) is 101 cm³/mol. The summed E-state index contributed by atoms with van der Waals surface area (Å²) in [5.74, 6) is 1.76. The van der Waals surface area contributed by atoms with Crippen molar-refractivity contribution in [1.29, 1.82) is 0 Å². The third-order valence-electron chi connectivity index (χ3n) is 4.34. The number of rotatable bonds is 7. The number of benzene rings is 1. The predicted octanol–water partition coefficient (Wildman–Crippen LogP) is 4.91. The van der Waals surface area contributed by atoms with Crippen molar-refractivity contribution in [2.45, 2.75) is 46.1 Å². The first-order chi connectivity index (χ1) is 12.2. The fraction of sp³-hybridized carbons (Fsp3) is 0.421. The topological polar surface area (TPSA) is 52.8 Å². The second-order valence-electron chi connectivity index (χ2n) is 5.98. The van der Waals surface area contributed by atoms with Gasteiger partial charge < -0.3 is 9.30 Å². The van der Waals surface area contributed by atoms with Crippen molar-refractivity contribution < 1.29 is 4.74 Å². The van der Waals surface area contributed by atoms with Crippen LogP contribution in [0.5, 0.6) is 5.75 Å². The van der Waals surface area contributed by atoms with Crippen molar-refractivity contribution in [2.75, 3.05) is 7.11 Å². The molecule has 0 unspecified atom stereocenters. The van der Waals surface area contributed by atoms with Gasteiger partial charge in [-0.2, -0.15) is 0 Å². The number of unbranched alkanes of at least 4 members (excludes halogenated alkanes) is 2. The molecule has 0 fully saturated rings. The summed E-state index contributed by atoms with van der Waals surface area (Å²) in [6.45, 7) is 5.25. The summed E-state index contributed by atoms with van der Waals surface area (Å²) >= 11 is 6.45. The summed E-state index contributed by atoms with van der Waals surface area (Å²) in [7, 11) is 1.62. The molecule has 5 nitrogen and oxygen atoms in total. The number of aryl methyl sites for hydroxylation is 2. The molecule has 2 aromatic heterocycles. The molecule has 25 heavy (non-hydrogen) atoms. The lowest BCUT2D eigenvalue weighted by Gasteiger charge is -2.08. The van der Waals surface area contributed by atoms with E-state index in [1.807, 2.05) is 12.1 Å². The second-order valence-corrected chi connectivity index (χ2v) is 6.39. The Morgan fingerprint density at radius 3 is 2.68 bits per heavy atom. The van der Waals surface area contributed by atoms with Gasteiger partial charge in [0.25, 0.3) is 0 Å². The van der Waals surface area contributed by atoms with Gasteiger partial charge in [-0.15, -0.1) is 0 Å². The number of halogens is 1. The van der Waals surface area contributed by atoms with E-state index in [1.54, 1.807) is 19.5 Å². The van der Waals surface area contributed by atoms with Crippen LogP contribution in [0.4, 0.5) is 0 Å². The number of aromatic nitrogens is 4. The summed E-state index contributed by atoms with van der Waals surface area (Å²) in [6, 6.07) is 5.60. The maximum atomic E-state index is 6.45. The van der Waals surface area contributed by atoms with E-state index in [-0.39, 0.29) is 0 Å². The van der Waals surface area contributed by atoms with Crippen molar-refractivity contribution in [3.63, 3.8) is 0 Å². The van der Waals surface area contributed by atoms with Crippen LogP contribution in [0.15, 0.2) is 24.5 Å². The Bertz CT molecular complexity index is 875. The Morgan fingerprint density at radius 1 is 1.16 bits per heavy atom. The van der Waals surface area contributed by atoms with Gasteiger partial charge in [-0.25, -0.2) is 15.0 Å². The Labute approximate surface area is 153 Å². The molecule has 2 heterocycles. The van der Waals surface area contributed by atoms with Gasteiger partial charge in [-0.05, 0) is 24.6 Å². The number of hydrogen-bond donors (Lipinski definition) is 0. The van der Waals surface area contributed by atoms with E-state index in [4.69, 9.17) is 21.3 Å². The van der Waals surface area contributed by atoms with E-state index in [0.717, 1.165) is 53.4 Å². The molecule has 1 aromatic carbocycles. The first-order valence-electron chi connectivity index (χ1n) is 8.73. The van der Waals surface area contributed by atoms with Crippen molar-refractivity contribution in [1.82, 2.24) is 19.5 Å². The molecule has 0 saturated heterocycles. The van der Waals surface area contributed by atoms with E-state index in [0.29, 0.717) is 5.02 Å². The van der Waals surface area contributed by atoms with Crippen LogP contribution in [0.3, 0.4) is 0 Å². The molecular formula is C19H23ClN4O. The van der Waals surface area contributed by atoms with Gasteiger partial charge >= 0.3 is 0 Å².